The molecule has 2 rings (SSSR count). The van der Waals surface area contributed by atoms with Crippen molar-refractivity contribution >= 4 is 32.6 Å². The summed E-state index contributed by atoms with van der Waals surface area (Å²) >= 11 is 0. The quantitative estimate of drug-likeness (QED) is 0.132. The van der Waals surface area contributed by atoms with Gasteiger partial charge in [0.25, 0.3) is 0 Å². The highest BCUT2D eigenvalue weighted by Gasteiger charge is 2.38. The van der Waals surface area contributed by atoms with Crippen LogP contribution in [0.25, 0.3) is 0 Å². The fourth-order valence-electron chi connectivity index (χ4n) is 3.47. The Hall–Kier alpha value is -2.84. The van der Waals surface area contributed by atoms with Gasteiger partial charge in [-0.15, -0.1) is 0 Å². The molecule has 0 saturated carbocycles. The molecule has 0 radical (unpaired) electrons. The molecule has 3 atom stereocenters. The third-order valence-corrected chi connectivity index (χ3v) is 6.51. The van der Waals surface area contributed by atoms with Crippen LogP contribution in [-0.4, -0.2) is 80.0 Å². The van der Waals surface area contributed by atoms with Crippen LogP contribution in [-0.2, 0) is 41.8 Å². The molecule has 0 N–H and O–H groups in total. The van der Waals surface area contributed by atoms with Crippen molar-refractivity contribution < 1.29 is 51.4 Å². The van der Waals surface area contributed by atoms with Gasteiger partial charge in [-0.05, 0) is 47.0 Å². The highest BCUT2D eigenvalue weighted by molar-refractivity contribution is 7.48. The van der Waals surface area contributed by atoms with Crippen molar-refractivity contribution in [1.29, 1.82) is 0 Å². The summed E-state index contributed by atoms with van der Waals surface area (Å²) in [6, 6.07) is 0. The number of carbonyl (C=O) groups excluding carboxylic acids is 2. The van der Waals surface area contributed by atoms with E-state index in [0.29, 0.717) is 23.7 Å². The number of hydrogen-bond donors (Lipinski definition) is 0. The average Bonchev–Trinajstić information content (AvgIpc) is 3.44. The van der Waals surface area contributed by atoms with Gasteiger partial charge in [-0.2, -0.15) is 5.10 Å². The van der Waals surface area contributed by atoms with Gasteiger partial charge >= 0.3 is 20.1 Å². The van der Waals surface area contributed by atoms with E-state index in [1.165, 1.54) is 0 Å². The number of nitrogens with zero attached hydrogens (tertiary/aromatic N) is 4. The van der Waals surface area contributed by atoms with Crippen molar-refractivity contribution in [2.45, 2.75) is 72.4 Å². The van der Waals surface area contributed by atoms with Gasteiger partial charge in [0.2, 0.25) is 13.6 Å². The summed E-state index contributed by atoms with van der Waals surface area (Å²) in [5, 5.41) is 4.04. The summed E-state index contributed by atoms with van der Waals surface area (Å²) in [6.45, 7) is 12.1. The van der Waals surface area contributed by atoms with E-state index in [1.54, 1.807) is 52.5 Å². The van der Waals surface area contributed by atoms with E-state index in [1.807, 2.05) is 6.92 Å². The van der Waals surface area contributed by atoms with E-state index >= 15 is 0 Å². The van der Waals surface area contributed by atoms with Crippen molar-refractivity contribution in [2.24, 2.45) is 16.0 Å². The molecule has 1 aromatic heterocycles. The van der Waals surface area contributed by atoms with Crippen molar-refractivity contribution in [3.8, 4) is 0 Å². The average molecular weight is 577 g/mol. The lowest BCUT2D eigenvalue weighted by molar-refractivity contribution is -0.0541. The Morgan fingerprint density at radius 1 is 1.13 bits per heavy atom. The summed E-state index contributed by atoms with van der Waals surface area (Å²) in [5.41, 5.74) is 1.34. The van der Waals surface area contributed by atoms with Crippen LogP contribution in [0.3, 0.4) is 0 Å². The first-order chi connectivity index (χ1) is 18.4. The summed E-state index contributed by atoms with van der Waals surface area (Å²) < 4.78 is 55.6. The highest BCUT2D eigenvalue weighted by atomic mass is 31.2. The van der Waals surface area contributed by atoms with Gasteiger partial charge in [0.1, 0.15) is 6.10 Å². The van der Waals surface area contributed by atoms with Crippen LogP contribution >= 0.6 is 7.82 Å². The zero-order chi connectivity index (χ0) is 29.2. The van der Waals surface area contributed by atoms with Crippen molar-refractivity contribution in [2.75, 3.05) is 27.2 Å². The smallest absolute Gasteiger partial charge is 0.432 e. The molecule has 220 valence electrons. The Kier molecular flexibility index (Phi) is 12.5. The largest absolute Gasteiger partial charge is 0.510 e. The maximum absolute atomic E-state index is 13.2. The van der Waals surface area contributed by atoms with Gasteiger partial charge in [0.15, 0.2) is 5.82 Å². The summed E-state index contributed by atoms with van der Waals surface area (Å²) in [6.07, 6.45) is -1.74. The van der Waals surface area contributed by atoms with Crippen LogP contribution in [0.2, 0.25) is 0 Å². The summed E-state index contributed by atoms with van der Waals surface area (Å²) in [5.74, 6) is 0.545. The minimum absolute atomic E-state index is 0.00650. The molecule has 1 aliphatic heterocycles. The molecule has 0 amide bonds. The first kappa shape index (κ1) is 32.4. The van der Waals surface area contributed by atoms with Crippen LogP contribution < -0.4 is 0 Å². The van der Waals surface area contributed by atoms with Crippen LogP contribution in [0.15, 0.2) is 16.3 Å². The molecule has 1 aliphatic rings. The molecule has 0 aromatic carbocycles. The number of aromatic nitrogens is 2. The van der Waals surface area contributed by atoms with E-state index in [2.05, 4.69) is 21.8 Å². The molecule has 15 nitrogen and oxygen atoms in total. The molecule has 2 heterocycles. The number of phosphoric ester groups is 1. The number of aliphatic imine (C=N–C) groups is 1. The van der Waals surface area contributed by atoms with Gasteiger partial charge in [-0.3, -0.25) is 9.52 Å². The summed E-state index contributed by atoms with van der Waals surface area (Å²) in [7, 11) is -2.75. The minimum atomic E-state index is -4.40. The standard InChI is InChI=1S/C23H37N4O11P/c1-14(2)36-22(28)31-12-34-39(30,35-13-32-23(29)37-15(3)4)33-11-18-9-16(5)20(38-18)19-10-26-21(17(6)24-7)27(19)25-8/h10,14-16,18,20H,8-9,11-13H2,1-7H3/b24-17-/t16-,18-,20?/m0/s1. The number of phosphoric acid groups is 1. The molecule has 1 unspecified atom stereocenters. The SMILES string of the molecule is C=Nn1c(C2O[C@H](COP(=O)(OCOC(=O)OC(C)C)OCOC(=O)OC(C)C)C[C@@H]2C)cnc1/C(C)=N\C. The zero-order valence-electron chi connectivity index (χ0n) is 23.2. The molecule has 0 aliphatic carbocycles. The second-order valence-corrected chi connectivity index (χ2v) is 10.7. The number of rotatable bonds is 14. The molecule has 0 spiro atoms. The second kappa shape index (κ2) is 15.1. The zero-order valence-corrected chi connectivity index (χ0v) is 24.1. The first-order valence-corrected chi connectivity index (χ1v) is 13.7. The third kappa shape index (κ3) is 10.0. The van der Waals surface area contributed by atoms with Crippen molar-refractivity contribution in [1.82, 2.24) is 9.66 Å². The first-order valence-electron chi connectivity index (χ1n) is 12.2. The van der Waals surface area contributed by atoms with Crippen molar-refractivity contribution in [3.63, 3.8) is 0 Å². The number of imidazole rings is 1. The van der Waals surface area contributed by atoms with Gasteiger partial charge in [-0.1, -0.05) is 6.92 Å². The van der Waals surface area contributed by atoms with Gasteiger partial charge < -0.3 is 23.7 Å². The van der Waals surface area contributed by atoms with Crippen molar-refractivity contribution in [3.05, 3.63) is 17.7 Å². The lowest BCUT2D eigenvalue weighted by Crippen LogP contribution is -2.19. The van der Waals surface area contributed by atoms with E-state index < -0.39 is 58.1 Å². The molecule has 1 saturated heterocycles. The fourth-order valence-corrected chi connectivity index (χ4v) is 4.41. The van der Waals surface area contributed by atoms with Gasteiger partial charge in [-0.25, -0.2) is 32.9 Å². The normalized spacial score (nSPS) is 19.8. The lowest BCUT2D eigenvalue weighted by atomic mass is 10.00. The highest BCUT2D eigenvalue weighted by Crippen LogP contribution is 2.50. The predicted molar refractivity (Wildman–Crippen MR) is 138 cm³/mol. The minimum Gasteiger partial charge on any atom is -0.432 e. The number of carbonyl (C=O) groups is 2. The Morgan fingerprint density at radius 2 is 1.69 bits per heavy atom. The second-order valence-electron chi connectivity index (χ2n) is 9.02. The van der Waals surface area contributed by atoms with E-state index in [0.717, 1.165) is 0 Å². The monoisotopic (exact) mass is 576 g/mol. The Balaban J connectivity index is 2.04. The molecule has 16 heteroatoms. The van der Waals surface area contributed by atoms with E-state index in [4.69, 9.17) is 37.3 Å². The van der Waals surface area contributed by atoms with Gasteiger partial charge in [0, 0.05) is 13.8 Å². The molecule has 1 aromatic rings. The van der Waals surface area contributed by atoms with Crippen LogP contribution in [0.1, 0.15) is 65.6 Å². The van der Waals surface area contributed by atoms with E-state index in [-0.39, 0.29) is 12.5 Å². The number of ether oxygens (including phenoxy) is 5. The molecule has 0 bridgehead atoms. The Bertz CT molecular complexity index is 1030. The Morgan fingerprint density at radius 3 is 2.18 bits per heavy atom. The maximum atomic E-state index is 13.2. The molecule has 1 fully saturated rings. The molecular formula is C23H37N4O11P. The Labute approximate surface area is 227 Å². The summed E-state index contributed by atoms with van der Waals surface area (Å²) in [4.78, 5) is 31.7. The van der Waals surface area contributed by atoms with Crippen LogP contribution in [0.4, 0.5) is 9.59 Å². The van der Waals surface area contributed by atoms with E-state index in [9.17, 15) is 14.2 Å². The molecule has 39 heavy (non-hydrogen) atoms. The van der Waals surface area contributed by atoms with Gasteiger partial charge in [0.05, 0.1) is 42.5 Å². The predicted octanol–water partition coefficient (Wildman–Crippen LogP) is 4.45. The fraction of sp³-hybridized carbons (Fsp3) is 0.696. The maximum Gasteiger partial charge on any atom is 0.510 e. The third-order valence-electron chi connectivity index (χ3n) is 5.20. The number of hydrogen-bond acceptors (Lipinski definition) is 14. The lowest BCUT2D eigenvalue weighted by Gasteiger charge is -2.20. The molecular weight excluding hydrogens is 539 g/mol. The van der Waals surface area contributed by atoms with Crippen LogP contribution in [0, 0.1) is 5.92 Å². The topological polar surface area (TPSA) is 168 Å². The van der Waals surface area contributed by atoms with Crippen LogP contribution in [0.5, 0.6) is 0 Å².